The maximum Gasteiger partial charge on any atom is 1.00 e. The summed E-state index contributed by atoms with van der Waals surface area (Å²) >= 11 is 0. The predicted molar refractivity (Wildman–Crippen MR) is 81.1 cm³/mol. The maximum absolute atomic E-state index is 11.4. The standard InChI is InChI=1S/C14H15O4S.2Na.O3S/c1-9(2)11-8-12-10(5-4-6-13(12)18-3)7-14(11)19(15,16)17;;;1-4(2)3/h5-9H,1-3H3,(H,15,16,17);;;/q-1;2*+1;/p-1. The molecule has 0 aliphatic carbocycles. The molecule has 0 saturated heterocycles. The van der Waals surface area contributed by atoms with Crippen LogP contribution in [0.5, 0.6) is 5.75 Å². The van der Waals surface area contributed by atoms with E-state index in [4.69, 9.17) is 17.4 Å². The Hall–Kier alpha value is 0.0300. The van der Waals surface area contributed by atoms with Gasteiger partial charge in [-0.2, -0.15) is 12.1 Å². The molecule has 0 radical (unpaired) electrons. The minimum Gasteiger partial charge on any atom is -0.744 e. The number of hydrogen-bond acceptors (Lipinski definition) is 7. The van der Waals surface area contributed by atoms with Gasteiger partial charge in [-0.15, -0.1) is 24.1 Å². The molecule has 0 aliphatic heterocycles. The van der Waals surface area contributed by atoms with E-state index in [0.717, 1.165) is 5.39 Å². The normalized spacial score (nSPS) is 10.1. The average molecular weight is 404 g/mol. The minimum absolute atomic E-state index is 0. The van der Waals surface area contributed by atoms with Gasteiger partial charge in [0.05, 0.1) is 7.11 Å². The molecular weight excluding hydrogens is 390 g/mol. The van der Waals surface area contributed by atoms with Gasteiger partial charge in [0.15, 0.2) is 0 Å². The van der Waals surface area contributed by atoms with Gasteiger partial charge < -0.3 is 9.29 Å². The van der Waals surface area contributed by atoms with Crippen LogP contribution in [0.3, 0.4) is 0 Å². The molecule has 0 aromatic heterocycles. The fourth-order valence-electron chi connectivity index (χ4n) is 2.07. The van der Waals surface area contributed by atoms with E-state index in [1.165, 1.54) is 13.2 Å². The molecule has 0 amide bonds. The number of hydrogen-bond donors (Lipinski definition) is 0. The van der Waals surface area contributed by atoms with Crippen molar-refractivity contribution >= 4 is 31.5 Å². The van der Waals surface area contributed by atoms with Crippen LogP contribution in [0.25, 0.3) is 10.8 Å². The van der Waals surface area contributed by atoms with Crippen molar-refractivity contribution in [2.45, 2.75) is 24.7 Å². The molecule has 11 heteroatoms. The van der Waals surface area contributed by atoms with Crippen molar-refractivity contribution in [3.63, 3.8) is 0 Å². The molecule has 2 aromatic rings. The Kier molecular flexibility index (Phi) is 12.7. The molecule has 0 spiro atoms. The molecule has 2 aromatic carbocycles. The summed E-state index contributed by atoms with van der Waals surface area (Å²) in [7, 11) is -6.07. The second-order valence-electron chi connectivity index (χ2n) is 4.81. The summed E-state index contributed by atoms with van der Waals surface area (Å²) in [5.74, 6) is 0.534. The second-order valence-corrected chi connectivity index (χ2v) is 6.57. The Morgan fingerprint density at radius 2 is 1.64 bits per heavy atom. The van der Waals surface area contributed by atoms with Crippen molar-refractivity contribution in [2.75, 3.05) is 7.11 Å². The zero-order valence-corrected chi connectivity index (χ0v) is 20.2. The summed E-state index contributed by atoms with van der Waals surface area (Å²) in [5, 5.41) is 1.40. The number of benzene rings is 2. The van der Waals surface area contributed by atoms with Gasteiger partial charge in [0.2, 0.25) is 0 Å². The first-order valence-corrected chi connectivity index (χ1v) is 8.73. The van der Waals surface area contributed by atoms with Crippen molar-refractivity contribution in [2.24, 2.45) is 0 Å². The van der Waals surface area contributed by atoms with E-state index >= 15 is 0 Å². The molecule has 0 fully saturated rings. The van der Waals surface area contributed by atoms with Gasteiger partial charge in [-0.3, -0.25) is 0 Å². The molecule has 7 nitrogen and oxygen atoms in total. The van der Waals surface area contributed by atoms with Gasteiger partial charge in [-0.05, 0) is 11.5 Å². The zero-order chi connectivity index (χ0) is 17.8. The molecule has 0 atom stereocenters. The van der Waals surface area contributed by atoms with Crippen LogP contribution in [0.2, 0.25) is 0 Å². The van der Waals surface area contributed by atoms with Crippen molar-refractivity contribution < 1.29 is 89.4 Å². The largest absolute Gasteiger partial charge is 1.00 e. The molecular formula is C14H14Na2O7S2. The molecule has 0 N–H and O–H groups in total. The molecule has 0 saturated carbocycles. The smallest absolute Gasteiger partial charge is 0.744 e. The van der Waals surface area contributed by atoms with E-state index in [-0.39, 0.29) is 69.9 Å². The summed E-state index contributed by atoms with van der Waals surface area (Å²) in [4.78, 5) is -0.170. The first-order chi connectivity index (χ1) is 10.6. The van der Waals surface area contributed by atoms with Gasteiger partial charge in [-0.25, -0.2) is 8.42 Å². The van der Waals surface area contributed by atoms with E-state index < -0.39 is 20.7 Å². The van der Waals surface area contributed by atoms with Crippen LogP contribution in [0.15, 0.2) is 29.2 Å². The Morgan fingerprint density at radius 3 is 2.04 bits per heavy atom. The Balaban J connectivity index is 0. The summed E-state index contributed by atoms with van der Waals surface area (Å²) in [6.45, 7) is 3.69. The molecule has 2 rings (SSSR count). The number of fused-ring (bicyclic) bond motifs is 1. The van der Waals surface area contributed by atoms with Crippen LogP contribution in [-0.4, -0.2) is 32.7 Å². The van der Waals surface area contributed by atoms with E-state index in [2.05, 4.69) is 6.07 Å². The fraction of sp³-hybridized carbons (Fsp3) is 0.286. The van der Waals surface area contributed by atoms with Crippen molar-refractivity contribution in [3.05, 3.63) is 35.9 Å². The van der Waals surface area contributed by atoms with Gasteiger partial charge in [-0.1, -0.05) is 31.4 Å². The maximum atomic E-state index is 11.4. The molecule has 0 unspecified atom stereocenters. The van der Waals surface area contributed by atoms with Crippen molar-refractivity contribution in [1.82, 2.24) is 0 Å². The summed E-state index contributed by atoms with van der Waals surface area (Å²) < 4.78 is 64.6. The first-order valence-electron chi connectivity index (χ1n) is 6.32. The topological polar surface area (TPSA) is 118 Å². The zero-order valence-electron chi connectivity index (χ0n) is 14.6. The fourth-order valence-corrected chi connectivity index (χ4v) is 2.92. The third-order valence-electron chi connectivity index (χ3n) is 3.01. The monoisotopic (exact) mass is 404 g/mol. The van der Waals surface area contributed by atoms with Crippen LogP contribution in [0.4, 0.5) is 0 Å². The van der Waals surface area contributed by atoms with Gasteiger partial charge in [0.1, 0.15) is 10.1 Å². The molecule has 126 valence electrons. The van der Waals surface area contributed by atoms with Crippen LogP contribution in [0, 0.1) is 6.07 Å². The Morgan fingerprint density at radius 1 is 1.12 bits per heavy atom. The minimum atomic E-state index is -4.49. The average Bonchev–Trinajstić information content (AvgIpc) is 2.43. The quantitative estimate of drug-likeness (QED) is 0.288. The third-order valence-corrected chi connectivity index (χ3v) is 3.90. The number of methoxy groups -OCH3 is 1. The Labute approximate surface area is 192 Å². The van der Waals surface area contributed by atoms with Crippen molar-refractivity contribution in [1.29, 1.82) is 0 Å². The van der Waals surface area contributed by atoms with Crippen LogP contribution >= 0.6 is 0 Å². The molecule has 25 heavy (non-hydrogen) atoms. The summed E-state index contributed by atoms with van der Waals surface area (Å²) in [6.07, 6.45) is 0. The molecule has 0 heterocycles. The van der Waals surface area contributed by atoms with E-state index in [0.29, 0.717) is 16.7 Å². The van der Waals surface area contributed by atoms with Crippen LogP contribution in [-0.2, 0) is 20.7 Å². The van der Waals surface area contributed by atoms with Gasteiger partial charge >= 0.3 is 69.7 Å². The van der Waals surface area contributed by atoms with Crippen molar-refractivity contribution in [3.8, 4) is 5.75 Å². The van der Waals surface area contributed by atoms with Gasteiger partial charge in [0, 0.05) is 10.6 Å². The summed E-state index contributed by atoms with van der Waals surface area (Å²) in [6, 6.07) is 9.28. The van der Waals surface area contributed by atoms with E-state index in [1.807, 2.05) is 13.8 Å². The number of rotatable bonds is 3. The molecule has 0 bridgehead atoms. The van der Waals surface area contributed by atoms with E-state index in [1.54, 1.807) is 18.2 Å². The summed E-state index contributed by atoms with van der Waals surface area (Å²) in [5.41, 5.74) is 0.506. The number of ether oxygens (including phenoxy) is 1. The Bertz CT molecular complexity index is 917. The van der Waals surface area contributed by atoms with Crippen LogP contribution in [0.1, 0.15) is 25.3 Å². The molecule has 0 aliphatic rings. The van der Waals surface area contributed by atoms with Crippen LogP contribution < -0.4 is 63.9 Å². The predicted octanol–water partition coefficient (Wildman–Crippen LogP) is -4.32. The second kappa shape index (κ2) is 11.7. The van der Waals surface area contributed by atoms with Gasteiger partial charge in [0.25, 0.3) is 0 Å². The first kappa shape index (κ1) is 27.3. The SMILES string of the molecule is COc1c[c-]cc2cc(S(=O)(=O)[O-])c(C(C)C)cc12.O=S(=O)=O.[Na+].[Na+]. The third kappa shape index (κ3) is 8.06. The van der Waals surface area contributed by atoms with E-state index in [9.17, 15) is 13.0 Å².